The Balaban J connectivity index is 1.94. The van der Waals surface area contributed by atoms with Gasteiger partial charge in [-0.1, -0.05) is 12.1 Å². The third-order valence-electron chi connectivity index (χ3n) is 4.62. The van der Waals surface area contributed by atoms with Gasteiger partial charge in [-0.2, -0.15) is 0 Å². The lowest BCUT2D eigenvalue weighted by molar-refractivity contribution is -0.384. The normalized spacial score (nSPS) is 11.3. The van der Waals surface area contributed by atoms with Gasteiger partial charge in [0.05, 0.1) is 25.4 Å². The Morgan fingerprint density at radius 2 is 1.75 bits per heavy atom. The summed E-state index contributed by atoms with van der Waals surface area (Å²) in [6.45, 7) is 0. The average Bonchev–Trinajstić information content (AvgIpc) is 2.73. The first-order valence-electron chi connectivity index (χ1n) is 8.48. The van der Waals surface area contributed by atoms with E-state index >= 15 is 0 Å². The van der Waals surface area contributed by atoms with Crippen LogP contribution in [0.15, 0.2) is 71.7 Å². The molecule has 1 aliphatic carbocycles. The highest BCUT2D eigenvalue weighted by Gasteiger charge is 2.22. The smallest absolute Gasteiger partial charge is 0.269 e. The molecule has 0 amide bonds. The lowest BCUT2D eigenvalue weighted by atomic mass is 9.98. The molecule has 0 unspecified atom stereocenters. The van der Waals surface area contributed by atoms with Crippen molar-refractivity contribution in [3.05, 3.63) is 87.2 Å². The standard InChI is InChI=1S/C21H11N3O3S/c25-20-14-4-3-11-22-18(14)19-21(28-16-6-2-1-5-15(16)23-19)17(20)12-7-9-13(10-8-12)24(26)27/h1-11H. The van der Waals surface area contributed by atoms with Crippen LogP contribution in [-0.2, 0) is 0 Å². The third kappa shape index (κ3) is 2.44. The molecule has 0 saturated carbocycles. The first-order chi connectivity index (χ1) is 13.6. The molecule has 0 bridgehead atoms. The van der Waals surface area contributed by atoms with E-state index in [2.05, 4.69) is 4.98 Å². The zero-order valence-electron chi connectivity index (χ0n) is 14.3. The number of nitro benzene ring substituents is 1. The number of pyridine rings is 1. The molecule has 7 heteroatoms. The highest BCUT2D eigenvalue weighted by Crippen LogP contribution is 2.40. The second-order valence-electron chi connectivity index (χ2n) is 6.27. The second-order valence-corrected chi connectivity index (χ2v) is 7.32. The van der Waals surface area contributed by atoms with Crippen molar-refractivity contribution in [3.8, 4) is 21.7 Å². The molecule has 2 heterocycles. The van der Waals surface area contributed by atoms with Crippen molar-refractivity contribution in [2.75, 3.05) is 0 Å². The number of aromatic nitrogens is 2. The van der Waals surface area contributed by atoms with Crippen LogP contribution in [0.4, 0.5) is 5.69 Å². The van der Waals surface area contributed by atoms with Crippen molar-refractivity contribution >= 4 is 38.1 Å². The minimum absolute atomic E-state index is 0.0183. The van der Waals surface area contributed by atoms with Gasteiger partial charge in [0.15, 0.2) is 5.43 Å². The summed E-state index contributed by atoms with van der Waals surface area (Å²) in [5.74, 6) is 0. The number of para-hydroxylation sites is 1. The number of hydrogen-bond donors (Lipinski definition) is 0. The van der Waals surface area contributed by atoms with Crippen LogP contribution < -0.4 is 5.43 Å². The van der Waals surface area contributed by atoms with Crippen LogP contribution in [0.5, 0.6) is 0 Å². The van der Waals surface area contributed by atoms with Gasteiger partial charge < -0.3 is 0 Å². The number of nitrogens with zero attached hydrogens (tertiary/aromatic N) is 3. The SMILES string of the molecule is O=c1c(-c2ccc([N+](=O)[O-])cc2)c2sc3ccccc3nc-2c2ncccc12. The first-order valence-corrected chi connectivity index (χ1v) is 9.30. The van der Waals surface area contributed by atoms with Crippen molar-refractivity contribution < 1.29 is 4.92 Å². The number of non-ortho nitro benzene ring substituents is 1. The number of hydrogen-bond acceptors (Lipinski definition) is 6. The monoisotopic (exact) mass is 385 g/mol. The van der Waals surface area contributed by atoms with Crippen molar-refractivity contribution in [2.24, 2.45) is 0 Å². The van der Waals surface area contributed by atoms with Crippen LogP contribution in [0.2, 0.25) is 0 Å². The molecule has 0 radical (unpaired) electrons. The lowest BCUT2D eigenvalue weighted by Gasteiger charge is -2.14. The van der Waals surface area contributed by atoms with E-state index in [4.69, 9.17) is 4.98 Å². The zero-order chi connectivity index (χ0) is 19.3. The molecule has 3 aromatic rings. The first kappa shape index (κ1) is 16.5. The van der Waals surface area contributed by atoms with Crippen LogP contribution in [0, 0.1) is 10.1 Å². The van der Waals surface area contributed by atoms with E-state index < -0.39 is 4.92 Å². The topological polar surface area (TPSA) is 86.0 Å². The van der Waals surface area contributed by atoms with E-state index in [0.29, 0.717) is 27.7 Å². The molecule has 134 valence electrons. The fourth-order valence-corrected chi connectivity index (χ4v) is 4.46. The highest BCUT2D eigenvalue weighted by molar-refractivity contribution is 7.22. The summed E-state index contributed by atoms with van der Waals surface area (Å²) in [5.41, 5.74) is 3.00. The van der Waals surface area contributed by atoms with Gasteiger partial charge in [-0.3, -0.25) is 19.9 Å². The predicted molar refractivity (Wildman–Crippen MR) is 110 cm³/mol. The third-order valence-corrected chi connectivity index (χ3v) is 5.79. The summed E-state index contributed by atoms with van der Waals surface area (Å²) in [6.07, 6.45) is 1.65. The molecule has 0 saturated heterocycles. The van der Waals surface area contributed by atoms with Gasteiger partial charge in [0.1, 0.15) is 11.2 Å². The van der Waals surface area contributed by atoms with E-state index in [1.807, 2.05) is 24.3 Å². The maximum atomic E-state index is 13.3. The summed E-state index contributed by atoms with van der Waals surface area (Å²) in [5, 5.41) is 11.5. The minimum atomic E-state index is -0.456. The maximum Gasteiger partial charge on any atom is 0.269 e. The lowest BCUT2D eigenvalue weighted by Crippen LogP contribution is -2.10. The van der Waals surface area contributed by atoms with Crippen LogP contribution in [0.1, 0.15) is 0 Å². The van der Waals surface area contributed by atoms with E-state index in [1.165, 1.54) is 23.5 Å². The van der Waals surface area contributed by atoms with Gasteiger partial charge >= 0.3 is 0 Å². The number of fused-ring (bicyclic) bond motifs is 4. The minimum Gasteiger partial charge on any atom is -0.288 e. The van der Waals surface area contributed by atoms with Gasteiger partial charge in [0, 0.05) is 23.9 Å². The molecule has 1 aromatic heterocycles. The van der Waals surface area contributed by atoms with Gasteiger partial charge in [0.25, 0.3) is 5.69 Å². The van der Waals surface area contributed by atoms with Crippen LogP contribution in [-0.4, -0.2) is 14.9 Å². The fourth-order valence-electron chi connectivity index (χ4n) is 3.32. The molecule has 28 heavy (non-hydrogen) atoms. The quantitative estimate of drug-likeness (QED) is 0.187. The van der Waals surface area contributed by atoms with Crippen molar-refractivity contribution in [3.63, 3.8) is 0 Å². The number of nitro groups is 1. The van der Waals surface area contributed by atoms with E-state index in [1.54, 1.807) is 30.5 Å². The molecular weight excluding hydrogens is 374 g/mol. The van der Waals surface area contributed by atoms with Gasteiger partial charge in [-0.05, 0) is 42.0 Å². The van der Waals surface area contributed by atoms with Crippen LogP contribution >= 0.6 is 11.3 Å². The summed E-state index contributed by atoms with van der Waals surface area (Å²) in [4.78, 5) is 33.7. The molecule has 0 atom stereocenters. The number of benzene rings is 3. The van der Waals surface area contributed by atoms with Gasteiger partial charge in [0.2, 0.25) is 0 Å². The molecule has 0 N–H and O–H groups in total. The largest absolute Gasteiger partial charge is 0.288 e. The summed E-state index contributed by atoms with van der Waals surface area (Å²) < 4.78 is 0.952. The Labute approximate surface area is 162 Å². The van der Waals surface area contributed by atoms with Gasteiger partial charge in [-0.25, -0.2) is 4.98 Å². The molecule has 2 aromatic carbocycles. The molecule has 1 aliphatic heterocycles. The zero-order valence-corrected chi connectivity index (χ0v) is 15.1. The molecule has 0 fully saturated rings. The highest BCUT2D eigenvalue weighted by atomic mass is 32.1. The fraction of sp³-hybridized carbons (Fsp3) is 0. The number of rotatable bonds is 2. The predicted octanol–water partition coefficient (Wildman–Crippen LogP) is 4.88. The Morgan fingerprint density at radius 1 is 0.964 bits per heavy atom. The molecule has 0 spiro atoms. The van der Waals surface area contributed by atoms with Crippen molar-refractivity contribution in [2.45, 2.75) is 0 Å². The molecule has 5 rings (SSSR count). The second kappa shape index (κ2) is 6.17. The van der Waals surface area contributed by atoms with Gasteiger partial charge in [-0.15, -0.1) is 11.3 Å². The molecule has 2 aliphatic rings. The van der Waals surface area contributed by atoms with Crippen molar-refractivity contribution in [1.29, 1.82) is 0 Å². The van der Waals surface area contributed by atoms with E-state index in [9.17, 15) is 14.9 Å². The Kier molecular flexibility index (Phi) is 3.63. The summed E-state index contributed by atoms with van der Waals surface area (Å²) in [7, 11) is 0. The Morgan fingerprint density at radius 3 is 2.54 bits per heavy atom. The van der Waals surface area contributed by atoms with E-state index in [0.717, 1.165) is 15.1 Å². The molecule has 6 nitrogen and oxygen atoms in total. The summed E-state index contributed by atoms with van der Waals surface area (Å²) >= 11 is 1.48. The average molecular weight is 385 g/mol. The van der Waals surface area contributed by atoms with Crippen molar-refractivity contribution in [1.82, 2.24) is 9.97 Å². The summed E-state index contributed by atoms with van der Waals surface area (Å²) in [6, 6.07) is 17.2. The Bertz CT molecular complexity index is 1410. The van der Waals surface area contributed by atoms with E-state index in [-0.39, 0.29) is 11.1 Å². The maximum absolute atomic E-state index is 13.3. The Hall–Kier alpha value is -3.71. The van der Waals surface area contributed by atoms with Crippen LogP contribution in [0.25, 0.3) is 42.8 Å². The van der Waals surface area contributed by atoms with Crippen LogP contribution in [0.3, 0.4) is 0 Å². The molecular formula is C21H11N3O3S.